The maximum absolute atomic E-state index is 6.03. The third kappa shape index (κ3) is 4.47. The molecular formula is C13H20Cl2N2. The zero-order valence-electron chi connectivity index (χ0n) is 10.6. The van der Waals surface area contributed by atoms with Gasteiger partial charge in [-0.15, -0.1) is 0 Å². The van der Waals surface area contributed by atoms with Crippen molar-refractivity contribution in [1.82, 2.24) is 10.2 Å². The zero-order valence-corrected chi connectivity index (χ0v) is 12.1. The molecular weight excluding hydrogens is 255 g/mol. The van der Waals surface area contributed by atoms with Gasteiger partial charge in [-0.25, -0.2) is 0 Å². The van der Waals surface area contributed by atoms with Gasteiger partial charge in [-0.3, -0.25) is 4.90 Å². The average molecular weight is 275 g/mol. The van der Waals surface area contributed by atoms with E-state index in [1.807, 2.05) is 25.2 Å². The van der Waals surface area contributed by atoms with Gasteiger partial charge in [0.25, 0.3) is 0 Å². The first-order valence-corrected chi connectivity index (χ1v) is 6.61. The van der Waals surface area contributed by atoms with E-state index in [-0.39, 0.29) is 0 Å². The minimum Gasteiger partial charge on any atom is -0.320 e. The average Bonchev–Trinajstić information content (AvgIpc) is 2.32. The van der Waals surface area contributed by atoms with Crippen LogP contribution in [0.3, 0.4) is 0 Å². The van der Waals surface area contributed by atoms with Gasteiger partial charge in [-0.05, 0) is 58.2 Å². The Bertz CT molecular complexity index is 355. The van der Waals surface area contributed by atoms with Crippen LogP contribution in [-0.2, 0) is 0 Å². The van der Waals surface area contributed by atoms with Gasteiger partial charge in [-0.2, -0.15) is 0 Å². The van der Waals surface area contributed by atoms with Crippen molar-refractivity contribution in [2.45, 2.75) is 19.4 Å². The number of halogens is 2. The number of benzene rings is 1. The quantitative estimate of drug-likeness (QED) is 0.798. The van der Waals surface area contributed by atoms with Gasteiger partial charge in [-0.1, -0.05) is 29.3 Å². The lowest BCUT2D eigenvalue weighted by atomic mass is 10.1. The van der Waals surface area contributed by atoms with Crippen LogP contribution in [-0.4, -0.2) is 32.1 Å². The standard InChI is InChI=1S/C13H20Cl2N2/c1-10(17(3)8-4-7-16-2)11-5-6-12(14)13(15)9-11/h5-6,9-10,16H,4,7-8H2,1-3H3. The van der Waals surface area contributed by atoms with Gasteiger partial charge in [0.05, 0.1) is 10.0 Å². The molecule has 1 aromatic rings. The highest BCUT2D eigenvalue weighted by molar-refractivity contribution is 6.42. The third-order valence-corrected chi connectivity index (χ3v) is 3.76. The predicted molar refractivity (Wildman–Crippen MR) is 76.1 cm³/mol. The van der Waals surface area contributed by atoms with Gasteiger partial charge in [0, 0.05) is 6.04 Å². The number of hydrogen-bond donors (Lipinski definition) is 1. The van der Waals surface area contributed by atoms with E-state index >= 15 is 0 Å². The molecule has 1 rings (SSSR count). The Hall–Kier alpha value is -0.280. The SMILES string of the molecule is CNCCCN(C)C(C)c1ccc(Cl)c(Cl)c1. The summed E-state index contributed by atoms with van der Waals surface area (Å²) in [5, 5.41) is 4.39. The van der Waals surface area contributed by atoms with Crippen LogP contribution in [0.5, 0.6) is 0 Å². The molecule has 0 radical (unpaired) electrons. The Morgan fingerprint density at radius 3 is 2.59 bits per heavy atom. The van der Waals surface area contributed by atoms with Gasteiger partial charge < -0.3 is 5.32 Å². The minimum atomic E-state index is 0.349. The van der Waals surface area contributed by atoms with Gasteiger partial charge in [0.2, 0.25) is 0 Å². The van der Waals surface area contributed by atoms with Crippen LogP contribution >= 0.6 is 23.2 Å². The summed E-state index contributed by atoms with van der Waals surface area (Å²) in [5.74, 6) is 0. The highest BCUT2D eigenvalue weighted by Gasteiger charge is 2.12. The fraction of sp³-hybridized carbons (Fsp3) is 0.538. The summed E-state index contributed by atoms with van der Waals surface area (Å²) < 4.78 is 0. The molecule has 0 fully saturated rings. The molecule has 96 valence electrons. The summed E-state index contributed by atoms with van der Waals surface area (Å²) in [6, 6.07) is 6.19. The second kappa shape index (κ2) is 7.22. The summed E-state index contributed by atoms with van der Waals surface area (Å²) in [6.45, 7) is 4.28. The van der Waals surface area contributed by atoms with Crippen molar-refractivity contribution in [2.24, 2.45) is 0 Å². The van der Waals surface area contributed by atoms with Crippen molar-refractivity contribution in [3.05, 3.63) is 33.8 Å². The lowest BCUT2D eigenvalue weighted by Gasteiger charge is -2.25. The molecule has 1 atom stereocenters. The molecule has 0 bridgehead atoms. The molecule has 1 unspecified atom stereocenters. The molecule has 0 saturated carbocycles. The first kappa shape index (κ1) is 14.8. The second-order valence-corrected chi connectivity index (χ2v) is 5.10. The number of hydrogen-bond acceptors (Lipinski definition) is 2. The van der Waals surface area contributed by atoms with E-state index in [0.717, 1.165) is 19.5 Å². The van der Waals surface area contributed by atoms with Crippen LogP contribution in [0, 0.1) is 0 Å². The first-order chi connectivity index (χ1) is 8.06. The summed E-state index contributed by atoms with van der Waals surface area (Å²) in [6.07, 6.45) is 1.14. The molecule has 17 heavy (non-hydrogen) atoms. The summed E-state index contributed by atoms with van der Waals surface area (Å²) in [4.78, 5) is 2.32. The fourth-order valence-electron chi connectivity index (χ4n) is 1.73. The maximum Gasteiger partial charge on any atom is 0.0595 e. The lowest BCUT2D eigenvalue weighted by molar-refractivity contribution is 0.258. The first-order valence-electron chi connectivity index (χ1n) is 5.86. The molecule has 2 nitrogen and oxygen atoms in total. The molecule has 0 amide bonds. The molecule has 0 spiro atoms. The fourth-order valence-corrected chi connectivity index (χ4v) is 2.03. The number of nitrogens with zero attached hydrogens (tertiary/aromatic N) is 1. The second-order valence-electron chi connectivity index (χ2n) is 4.29. The highest BCUT2D eigenvalue weighted by Crippen LogP contribution is 2.27. The summed E-state index contributed by atoms with van der Waals surface area (Å²) >= 11 is 11.9. The Morgan fingerprint density at radius 1 is 1.29 bits per heavy atom. The molecule has 1 aromatic carbocycles. The minimum absolute atomic E-state index is 0.349. The molecule has 0 aromatic heterocycles. The molecule has 0 aliphatic carbocycles. The van der Waals surface area contributed by atoms with Gasteiger partial charge in [0.1, 0.15) is 0 Å². The van der Waals surface area contributed by atoms with E-state index in [4.69, 9.17) is 23.2 Å². The lowest BCUT2D eigenvalue weighted by Crippen LogP contribution is -2.25. The van der Waals surface area contributed by atoms with Crippen molar-refractivity contribution >= 4 is 23.2 Å². The smallest absolute Gasteiger partial charge is 0.0595 e. The molecule has 1 N–H and O–H groups in total. The molecule has 0 heterocycles. The van der Waals surface area contributed by atoms with Crippen molar-refractivity contribution in [3.8, 4) is 0 Å². The van der Waals surface area contributed by atoms with Crippen molar-refractivity contribution in [2.75, 3.05) is 27.2 Å². The van der Waals surface area contributed by atoms with Crippen LogP contribution < -0.4 is 5.32 Å². The van der Waals surface area contributed by atoms with Crippen molar-refractivity contribution < 1.29 is 0 Å². The molecule has 0 aliphatic rings. The van der Waals surface area contributed by atoms with Crippen LogP contribution in [0.1, 0.15) is 24.9 Å². The molecule has 0 saturated heterocycles. The Morgan fingerprint density at radius 2 is 2.00 bits per heavy atom. The summed E-state index contributed by atoms with van der Waals surface area (Å²) in [7, 11) is 4.10. The van der Waals surface area contributed by atoms with E-state index in [9.17, 15) is 0 Å². The maximum atomic E-state index is 6.03. The summed E-state index contributed by atoms with van der Waals surface area (Å²) in [5.41, 5.74) is 1.20. The highest BCUT2D eigenvalue weighted by atomic mass is 35.5. The van der Waals surface area contributed by atoms with E-state index in [1.165, 1.54) is 5.56 Å². The van der Waals surface area contributed by atoms with Crippen molar-refractivity contribution in [3.63, 3.8) is 0 Å². The van der Waals surface area contributed by atoms with E-state index in [0.29, 0.717) is 16.1 Å². The Balaban J connectivity index is 2.61. The van der Waals surface area contributed by atoms with Crippen LogP contribution in [0.15, 0.2) is 18.2 Å². The Labute approximate surface area is 114 Å². The van der Waals surface area contributed by atoms with E-state index in [2.05, 4.69) is 24.2 Å². The number of nitrogens with one attached hydrogen (secondary N) is 1. The largest absolute Gasteiger partial charge is 0.320 e. The van der Waals surface area contributed by atoms with Crippen LogP contribution in [0.25, 0.3) is 0 Å². The number of rotatable bonds is 6. The monoisotopic (exact) mass is 274 g/mol. The zero-order chi connectivity index (χ0) is 12.8. The Kier molecular flexibility index (Phi) is 6.28. The topological polar surface area (TPSA) is 15.3 Å². The van der Waals surface area contributed by atoms with E-state index in [1.54, 1.807) is 0 Å². The van der Waals surface area contributed by atoms with E-state index < -0.39 is 0 Å². The van der Waals surface area contributed by atoms with Gasteiger partial charge >= 0.3 is 0 Å². The van der Waals surface area contributed by atoms with Gasteiger partial charge in [0.15, 0.2) is 0 Å². The van der Waals surface area contributed by atoms with Crippen LogP contribution in [0.4, 0.5) is 0 Å². The molecule has 0 aliphatic heterocycles. The normalized spacial score (nSPS) is 13.1. The van der Waals surface area contributed by atoms with Crippen LogP contribution in [0.2, 0.25) is 10.0 Å². The third-order valence-electron chi connectivity index (χ3n) is 3.02. The van der Waals surface area contributed by atoms with Crippen molar-refractivity contribution in [1.29, 1.82) is 0 Å². The molecule has 4 heteroatoms. The predicted octanol–water partition coefficient (Wildman–Crippen LogP) is 3.60.